The molecule has 0 radical (unpaired) electrons. The van der Waals surface area contributed by atoms with Crippen LogP contribution < -0.4 is 0 Å². The second-order valence-electron chi connectivity index (χ2n) is 5.24. The first-order valence-corrected chi connectivity index (χ1v) is 6.18. The minimum atomic E-state index is -0.0397. The third-order valence-electron chi connectivity index (χ3n) is 3.00. The molecule has 3 nitrogen and oxygen atoms in total. The highest BCUT2D eigenvalue weighted by Crippen LogP contribution is 2.27. The van der Waals surface area contributed by atoms with E-state index >= 15 is 0 Å². The fraction of sp³-hybridized carbons (Fsp3) is 0.846. The highest BCUT2D eigenvalue weighted by Gasteiger charge is 2.29. The van der Waals surface area contributed by atoms with Crippen LogP contribution in [0.15, 0.2) is 5.10 Å². The first-order valence-electron chi connectivity index (χ1n) is 6.18. The molecule has 1 rings (SSSR count). The van der Waals surface area contributed by atoms with Gasteiger partial charge in [-0.2, -0.15) is 5.10 Å². The van der Waals surface area contributed by atoms with Gasteiger partial charge < -0.3 is 0 Å². The molecule has 0 bridgehead atoms. The van der Waals surface area contributed by atoms with E-state index in [0.29, 0.717) is 5.92 Å². The van der Waals surface area contributed by atoms with Crippen LogP contribution in [0.4, 0.5) is 0 Å². The van der Waals surface area contributed by atoms with Crippen molar-refractivity contribution >= 4 is 12.1 Å². The highest BCUT2D eigenvalue weighted by molar-refractivity contribution is 5.96. The molecule has 1 heterocycles. The molecule has 1 amide bonds. The van der Waals surface area contributed by atoms with Crippen molar-refractivity contribution in [3.05, 3.63) is 0 Å². The van der Waals surface area contributed by atoms with Crippen LogP contribution in [-0.4, -0.2) is 23.7 Å². The summed E-state index contributed by atoms with van der Waals surface area (Å²) < 4.78 is 0. The minimum absolute atomic E-state index is 0.0397. The normalized spacial score (nSPS) is 21.8. The average molecular weight is 226 g/mol. The summed E-state index contributed by atoms with van der Waals surface area (Å²) in [5.74, 6) is 0.539. The zero-order chi connectivity index (χ0) is 12.9. The van der Waals surface area contributed by atoms with Crippen molar-refractivity contribution in [2.24, 2.45) is 22.4 Å². The van der Waals surface area contributed by atoms with E-state index in [-0.39, 0.29) is 17.2 Å². The van der Waals surface area contributed by atoms with E-state index in [1.165, 1.54) is 0 Å². The van der Waals surface area contributed by atoms with E-state index in [1.54, 1.807) is 11.2 Å². The Morgan fingerprint density at radius 1 is 1.44 bits per heavy atom. The predicted molar refractivity (Wildman–Crippen MR) is 69.3 cm³/mol. The maximum absolute atomic E-state index is 11.6. The first kappa shape index (κ1) is 15.1. The van der Waals surface area contributed by atoms with Crippen molar-refractivity contribution in [3.63, 3.8) is 0 Å². The Hall–Kier alpha value is -0.860. The second kappa shape index (κ2) is 6.02. The maximum atomic E-state index is 11.6. The molecule has 1 aliphatic heterocycles. The highest BCUT2D eigenvalue weighted by atomic mass is 16.2. The van der Waals surface area contributed by atoms with Gasteiger partial charge in [-0.1, -0.05) is 41.5 Å². The average Bonchev–Trinajstić information content (AvgIpc) is 2.51. The molecule has 16 heavy (non-hydrogen) atoms. The van der Waals surface area contributed by atoms with Gasteiger partial charge in [0.1, 0.15) is 0 Å². The molecule has 0 aromatic rings. The molecule has 0 saturated heterocycles. The van der Waals surface area contributed by atoms with E-state index < -0.39 is 0 Å². The maximum Gasteiger partial charge on any atom is 0.250 e. The van der Waals surface area contributed by atoms with E-state index in [2.05, 4.69) is 32.8 Å². The fourth-order valence-electron chi connectivity index (χ4n) is 1.21. The molecular weight excluding hydrogens is 200 g/mol. The van der Waals surface area contributed by atoms with Crippen LogP contribution in [0.25, 0.3) is 0 Å². The Morgan fingerprint density at radius 3 is 2.25 bits per heavy atom. The summed E-state index contributed by atoms with van der Waals surface area (Å²) >= 11 is 0. The van der Waals surface area contributed by atoms with Crippen LogP contribution in [0, 0.1) is 17.3 Å². The zero-order valence-corrected chi connectivity index (χ0v) is 11.7. The lowest BCUT2D eigenvalue weighted by Gasteiger charge is -2.29. The van der Waals surface area contributed by atoms with Gasteiger partial charge in [0.25, 0.3) is 5.91 Å². The van der Waals surface area contributed by atoms with Gasteiger partial charge in [0, 0.05) is 12.8 Å². The number of hydrogen-bond acceptors (Lipinski definition) is 2. The summed E-state index contributed by atoms with van der Waals surface area (Å²) in [6.45, 7) is 15.3. The number of hydrazone groups is 1. The number of rotatable bonds is 2. The third-order valence-corrected chi connectivity index (χ3v) is 3.00. The molecule has 0 spiro atoms. The molecule has 94 valence electrons. The number of carbonyl (C=O) groups is 1. The molecule has 2 atom stereocenters. The molecule has 0 fully saturated rings. The van der Waals surface area contributed by atoms with Crippen LogP contribution in [0.2, 0.25) is 0 Å². The third kappa shape index (κ3) is 3.95. The van der Waals surface area contributed by atoms with E-state index in [0.717, 1.165) is 6.54 Å². The van der Waals surface area contributed by atoms with E-state index in [4.69, 9.17) is 0 Å². The van der Waals surface area contributed by atoms with Gasteiger partial charge in [0.05, 0.1) is 5.92 Å². The van der Waals surface area contributed by atoms with Gasteiger partial charge in [-0.15, -0.1) is 0 Å². The van der Waals surface area contributed by atoms with Crippen molar-refractivity contribution in [1.29, 1.82) is 0 Å². The molecule has 0 aliphatic carbocycles. The number of hydrogen-bond donors (Lipinski definition) is 0. The minimum Gasteiger partial charge on any atom is -0.272 e. The quantitative estimate of drug-likeness (QED) is 0.712. The van der Waals surface area contributed by atoms with E-state index in [1.807, 2.05) is 20.8 Å². The predicted octanol–water partition coefficient (Wildman–Crippen LogP) is 3.16. The summed E-state index contributed by atoms with van der Waals surface area (Å²) in [7, 11) is 0. The molecule has 2 unspecified atom stereocenters. The van der Waals surface area contributed by atoms with Crippen molar-refractivity contribution < 1.29 is 4.79 Å². The van der Waals surface area contributed by atoms with Gasteiger partial charge in [-0.25, -0.2) is 5.01 Å². The topological polar surface area (TPSA) is 32.7 Å². The molecule has 0 aromatic heterocycles. The van der Waals surface area contributed by atoms with E-state index in [9.17, 15) is 4.79 Å². The molecule has 0 N–H and O–H groups in total. The second-order valence-corrected chi connectivity index (χ2v) is 5.24. The van der Waals surface area contributed by atoms with Crippen molar-refractivity contribution in [2.45, 2.75) is 48.5 Å². The fourth-order valence-corrected chi connectivity index (χ4v) is 1.21. The van der Waals surface area contributed by atoms with Crippen LogP contribution in [0.1, 0.15) is 48.5 Å². The van der Waals surface area contributed by atoms with Gasteiger partial charge >= 0.3 is 0 Å². The largest absolute Gasteiger partial charge is 0.272 e. The Balaban J connectivity index is 0.00000106. The van der Waals surface area contributed by atoms with Crippen LogP contribution in [0.5, 0.6) is 0 Å². The van der Waals surface area contributed by atoms with Crippen molar-refractivity contribution in [1.82, 2.24) is 5.01 Å². The molecule has 0 aromatic carbocycles. The standard InChI is InChI=1S/C11H20N2O.C2H6/c1-8-6-12-13(10(8)14)7-9(2)11(3,4)5;1-2/h6,8-9H,7H2,1-5H3;1-2H3. The Labute approximate surface area is 99.9 Å². The molecule has 3 heteroatoms. The van der Waals surface area contributed by atoms with Crippen molar-refractivity contribution in [2.75, 3.05) is 6.54 Å². The zero-order valence-electron chi connectivity index (χ0n) is 11.7. The van der Waals surface area contributed by atoms with Crippen LogP contribution in [0.3, 0.4) is 0 Å². The Kier molecular flexibility index (Phi) is 5.70. The number of carbonyl (C=O) groups excluding carboxylic acids is 1. The Bertz CT molecular complexity index is 253. The van der Waals surface area contributed by atoms with Gasteiger partial charge in [0.15, 0.2) is 0 Å². The lowest BCUT2D eigenvalue weighted by Crippen LogP contribution is -2.34. The SMILES string of the molecule is CC.CC1C=NN(CC(C)C(C)(C)C)C1=O. The lowest BCUT2D eigenvalue weighted by atomic mass is 9.82. The lowest BCUT2D eigenvalue weighted by molar-refractivity contribution is -0.132. The van der Waals surface area contributed by atoms with Gasteiger partial charge in [0.2, 0.25) is 0 Å². The number of amides is 1. The molecular formula is C13H26N2O. The first-order chi connectivity index (χ1) is 7.32. The molecule has 1 aliphatic rings. The van der Waals surface area contributed by atoms with Crippen LogP contribution in [-0.2, 0) is 4.79 Å². The summed E-state index contributed by atoms with van der Waals surface area (Å²) in [5, 5.41) is 5.71. The van der Waals surface area contributed by atoms with Crippen molar-refractivity contribution in [3.8, 4) is 0 Å². The Morgan fingerprint density at radius 2 is 1.94 bits per heavy atom. The summed E-state index contributed by atoms with van der Waals surface area (Å²) in [5.41, 5.74) is 0.224. The van der Waals surface area contributed by atoms with Crippen LogP contribution >= 0.6 is 0 Å². The monoisotopic (exact) mass is 226 g/mol. The summed E-state index contributed by atoms with van der Waals surface area (Å²) in [6.07, 6.45) is 1.72. The van der Waals surface area contributed by atoms with Gasteiger partial charge in [-0.3, -0.25) is 4.79 Å². The van der Waals surface area contributed by atoms with Gasteiger partial charge in [-0.05, 0) is 18.3 Å². The summed E-state index contributed by atoms with van der Waals surface area (Å²) in [4.78, 5) is 11.6. The summed E-state index contributed by atoms with van der Waals surface area (Å²) in [6, 6.07) is 0. The smallest absolute Gasteiger partial charge is 0.250 e. The molecule has 0 saturated carbocycles. The number of nitrogens with zero attached hydrogens (tertiary/aromatic N) is 2.